The third-order valence-corrected chi connectivity index (χ3v) is 12.9. The number of nitrogens with one attached hydrogen (secondary N) is 6. The van der Waals surface area contributed by atoms with Crippen LogP contribution in [0.15, 0.2) is 97.2 Å². The lowest BCUT2D eigenvalue weighted by atomic mass is 9.98. The van der Waals surface area contributed by atoms with Crippen LogP contribution in [0.4, 0.5) is 0 Å². The Bertz CT molecular complexity index is 2670. The van der Waals surface area contributed by atoms with Gasteiger partial charge >= 0.3 is 5.97 Å². The molecule has 0 aliphatic rings. The fraction of sp³-hybridized carbons (Fsp3) is 0.360. The smallest absolute Gasteiger partial charge is 0.305 e. The third kappa shape index (κ3) is 14.7. The second-order valence-electron chi connectivity index (χ2n) is 17.2. The maximum atomic E-state index is 14.7. The molecule has 4 unspecified atom stereocenters. The van der Waals surface area contributed by atoms with E-state index in [1.54, 1.807) is 37.4 Å². The molecule has 19 nitrogen and oxygen atoms in total. The Morgan fingerprint density at radius 3 is 1.99 bits per heavy atom. The first-order valence-corrected chi connectivity index (χ1v) is 23.9. The Kier molecular flexibility index (Phi) is 19.6. The lowest BCUT2D eigenvalue weighted by molar-refractivity contribution is -0.145. The van der Waals surface area contributed by atoms with E-state index < -0.39 is 96.5 Å². The van der Waals surface area contributed by atoms with Crippen molar-refractivity contribution in [2.45, 2.75) is 95.0 Å². The number of likely N-dealkylation sites (N-methyl/N-ethyl adjacent to an activating group) is 2. The predicted octanol–water partition coefficient (Wildman–Crippen LogP) is 2.76. The molecule has 4 aromatic carbocycles. The first-order chi connectivity index (χ1) is 33.4. The van der Waals surface area contributed by atoms with Crippen molar-refractivity contribution in [2.75, 3.05) is 20.6 Å². The number of aromatic nitrogens is 1. The van der Waals surface area contributed by atoms with E-state index in [1.807, 2.05) is 84.4 Å². The first kappa shape index (κ1) is 53.9. The van der Waals surface area contributed by atoms with Gasteiger partial charge in [-0.05, 0) is 59.0 Å². The van der Waals surface area contributed by atoms with Crippen LogP contribution in [0.1, 0.15) is 56.2 Å². The van der Waals surface area contributed by atoms with Gasteiger partial charge in [0.1, 0.15) is 36.0 Å². The Balaban J connectivity index is 1.37. The molecule has 1 aromatic heterocycles. The summed E-state index contributed by atoms with van der Waals surface area (Å²) in [5.41, 5.74) is 8.48. The van der Waals surface area contributed by atoms with Crippen molar-refractivity contribution in [3.05, 3.63) is 114 Å². The molecule has 372 valence electrons. The quantitative estimate of drug-likeness (QED) is 0.0303. The SMILES string of the molecule is CCCCC(C(=O)N[C@@H](CC(=O)O)C(=O)NC(Cc1cccc2ccccc12)C(N)=O)N(C)C(=O)[C@H](Cc1c[nH]c2ccccc12)NC(=O)CN(C)C(=O)C(Cc1ccc(O)cc1)NC(=O)C(C)NI. The van der Waals surface area contributed by atoms with Gasteiger partial charge in [-0.2, -0.15) is 0 Å². The molecule has 0 aliphatic heterocycles. The van der Waals surface area contributed by atoms with Crippen LogP contribution in [0, 0.1) is 0 Å². The van der Waals surface area contributed by atoms with Crippen molar-refractivity contribution < 1.29 is 48.6 Å². The highest BCUT2D eigenvalue weighted by Crippen LogP contribution is 2.22. The van der Waals surface area contributed by atoms with Gasteiger partial charge in [0.05, 0.1) is 19.0 Å². The topological polar surface area (TPSA) is 285 Å². The minimum Gasteiger partial charge on any atom is -0.508 e. The lowest BCUT2D eigenvalue weighted by Crippen LogP contribution is -2.59. The molecular weight excluding hydrogens is 1010 g/mol. The number of aromatic amines is 1. The largest absolute Gasteiger partial charge is 0.508 e. The molecule has 20 heteroatoms. The van der Waals surface area contributed by atoms with E-state index in [9.17, 15) is 48.6 Å². The normalized spacial score (nSPS) is 13.7. The van der Waals surface area contributed by atoms with E-state index in [-0.39, 0.29) is 31.4 Å². The molecule has 5 aromatic rings. The minimum atomic E-state index is -1.69. The van der Waals surface area contributed by atoms with Crippen LogP contribution in [-0.4, -0.2) is 129 Å². The number of halogens is 1. The van der Waals surface area contributed by atoms with Crippen molar-refractivity contribution in [1.82, 2.24) is 39.6 Å². The van der Waals surface area contributed by atoms with Gasteiger partial charge in [-0.25, -0.2) is 3.53 Å². The van der Waals surface area contributed by atoms with E-state index in [0.29, 0.717) is 29.5 Å². The molecule has 7 amide bonds. The van der Waals surface area contributed by atoms with Gasteiger partial charge in [0.25, 0.3) is 0 Å². The van der Waals surface area contributed by atoms with E-state index >= 15 is 0 Å². The third-order valence-electron chi connectivity index (χ3n) is 12.0. The Morgan fingerprint density at radius 2 is 1.31 bits per heavy atom. The second-order valence-corrected chi connectivity index (χ2v) is 17.8. The number of phenols is 1. The molecule has 0 spiro atoms. The van der Waals surface area contributed by atoms with Gasteiger partial charge in [-0.3, -0.25) is 38.4 Å². The Labute approximate surface area is 419 Å². The van der Waals surface area contributed by atoms with Gasteiger partial charge in [0, 0.05) is 73.3 Å². The molecule has 0 fully saturated rings. The van der Waals surface area contributed by atoms with Crippen LogP contribution in [-0.2, 0) is 57.6 Å². The van der Waals surface area contributed by atoms with Gasteiger partial charge < -0.3 is 52.0 Å². The highest BCUT2D eigenvalue weighted by atomic mass is 127. The summed E-state index contributed by atoms with van der Waals surface area (Å²) in [7, 11) is 2.75. The summed E-state index contributed by atoms with van der Waals surface area (Å²) >= 11 is 1.82. The first-order valence-electron chi connectivity index (χ1n) is 22.8. The molecule has 70 heavy (non-hydrogen) atoms. The number of aromatic hydroxyl groups is 1. The zero-order valence-electron chi connectivity index (χ0n) is 39.4. The Hall–Kier alpha value is -7.07. The number of rotatable bonds is 25. The van der Waals surface area contributed by atoms with Crippen molar-refractivity contribution in [1.29, 1.82) is 0 Å². The summed E-state index contributed by atoms with van der Waals surface area (Å²) in [6, 6.07) is 19.0. The number of carboxylic acids is 1. The van der Waals surface area contributed by atoms with Gasteiger partial charge in [0.2, 0.25) is 41.4 Å². The number of amides is 7. The number of H-pyrrole nitrogens is 1. The number of carbonyl (C=O) groups is 8. The average molecular weight is 1070 g/mol. The number of nitrogens with two attached hydrogens (primary N) is 1. The maximum Gasteiger partial charge on any atom is 0.305 e. The van der Waals surface area contributed by atoms with Crippen molar-refractivity contribution in [3.8, 4) is 5.75 Å². The van der Waals surface area contributed by atoms with E-state index in [4.69, 9.17) is 5.73 Å². The minimum absolute atomic E-state index is 0.0145. The fourth-order valence-corrected chi connectivity index (χ4v) is 8.35. The molecule has 10 N–H and O–H groups in total. The number of primary amides is 1. The van der Waals surface area contributed by atoms with Crippen LogP contribution in [0.2, 0.25) is 0 Å². The standard InChI is InChI=1S/C50H60IN9O10/c1-5-6-18-42(48(68)56-39(26-44(63)64)47(67)55-38(45(52)65)24-32-14-11-13-31-12-7-8-15-35(31)32)60(4)50(70)41(25-33-27-53-37-17-10-9-16-36(33)37)54-43(62)28-59(3)49(69)40(57-46(66)29(2)58-51)23-30-19-21-34(61)22-20-30/h7-17,19-22,27,29,38-42,53,58,61H,5-6,18,23-26,28H2,1-4H3,(H2,52,65)(H,54,62)(H,55,67)(H,56,68)(H,57,66)(H,63,64)/t29?,38?,39-,40?,41-,42?/m0/s1. The number of aliphatic carboxylic acids is 1. The van der Waals surface area contributed by atoms with E-state index in [2.05, 4.69) is 29.8 Å². The number of carboxylic acid groups (broad SMARTS) is 1. The van der Waals surface area contributed by atoms with Crippen LogP contribution in [0.5, 0.6) is 5.75 Å². The highest BCUT2D eigenvalue weighted by molar-refractivity contribution is 14.1. The van der Waals surface area contributed by atoms with Crippen LogP contribution >= 0.6 is 22.9 Å². The van der Waals surface area contributed by atoms with Gasteiger partial charge in [-0.15, -0.1) is 0 Å². The Morgan fingerprint density at radius 1 is 0.700 bits per heavy atom. The summed E-state index contributed by atoms with van der Waals surface area (Å²) in [4.78, 5) is 114. The molecule has 5 rings (SSSR count). The van der Waals surface area contributed by atoms with Gasteiger partial charge in [0.15, 0.2) is 0 Å². The summed E-state index contributed by atoms with van der Waals surface area (Å²) < 4.78 is 2.80. The monoisotopic (exact) mass is 1070 g/mol. The van der Waals surface area contributed by atoms with Crippen molar-refractivity contribution >= 4 is 91.9 Å². The highest BCUT2D eigenvalue weighted by Gasteiger charge is 2.36. The number of hydrogen-bond donors (Lipinski definition) is 9. The summed E-state index contributed by atoms with van der Waals surface area (Å²) in [5, 5.41) is 32.7. The number of phenolic OH excluding ortho intramolecular Hbond substituents is 1. The second kappa shape index (κ2) is 25.5. The number of benzene rings is 4. The number of hydrogen-bond acceptors (Lipinski definition) is 10. The summed E-state index contributed by atoms with van der Waals surface area (Å²) in [6.07, 6.45) is 1.89. The fourth-order valence-electron chi connectivity index (χ4n) is 8.07. The number of carbonyl (C=O) groups excluding carboxylic acids is 7. The molecular formula is C50H60IN9O10. The zero-order valence-corrected chi connectivity index (χ0v) is 41.5. The predicted molar refractivity (Wildman–Crippen MR) is 271 cm³/mol. The molecule has 1 heterocycles. The summed E-state index contributed by atoms with van der Waals surface area (Å²) in [6.45, 7) is 2.94. The van der Waals surface area contributed by atoms with Crippen LogP contribution < -0.4 is 30.5 Å². The lowest BCUT2D eigenvalue weighted by Gasteiger charge is -2.32. The number of fused-ring (bicyclic) bond motifs is 2. The van der Waals surface area contributed by atoms with E-state index in [1.165, 1.54) is 26.2 Å². The number of unbranched alkanes of at least 4 members (excludes halogenated alkanes) is 1. The number of nitrogens with zero attached hydrogens (tertiary/aromatic N) is 2. The van der Waals surface area contributed by atoms with Gasteiger partial charge in [-0.1, -0.05) is 92.6 Å². The number of para-hydroxylation sites is 1. The summed E-state index contributed by atoms with van der Waals surface area (Å²) in [5.74, 6) is -6.65. The molecule has 0 radical (unpaired) electrons. The van der Waals surface area contributed by atoms with Crippen LogP contribution in [0.3, 0.4) is 0 Å². The zero-order chi connectivity index (χ0) is 51.1. The van der Waals surface area contributed by atoms with Crippen molar-refractivity contribution in [3.63, 3.8) is 0 Å². The molecule has 0 saturated heterocycles. The average Bonchev–Trinajstić information content (AvgIpc) is 3.75. The van der Waals surface area contributed by atoms with E-state index in [0.717, 1.165) is 31.5 Å². The van der Waals surface area contributed by atoms with Crippen molar-refractivity contribution in [2.24, 2.45) is 5.73 Å². The molecule has 0 bridgehead atoms. The molecule has 6 atom stereocenters. The van der Waals surface area contributed by atoms with Crippen LogP contribution in [0.25, 0.3) is 21.7 Å². The molecule has 0 aliphatic carbocycles. The maximum absolute atomic E-state index is 14.7. The molecule has 0 saturated carbocycles.